The van der Waals surface area contributed by atoms with Gasteiger partial charge in [-0.25, -0.2) is 4.79 Å². The zero-order chi connectivity index (χ0) is 14.4. The Morgan fingerprint density at radius 2 is 2.30 bits per heavy atom. The molecule has 0 amide bonds. The zero-order valence-electron chi connectivity index (χ0n) is 10.6. The van der Waals surface area contributed by atoms with Crippen molar-refractivity contribution in [2.75, 3.05) is 6.61 Å². The van der Waals surface area contributed by atoms with Crippen LogP contribution in [0.1, 0.15) is 5.56 Å². The van der Waals surface area contributed by atoms with Crippen molar-refractivity contribution < 1.29 is 14.6 Å². The van der Waals surface area contributed by atoms with Crippen molar-refractivity contribution in [2.45, 2.75) is 6.54 Å². The van der Waals surface area contributed by atoms with Crippen LogP contribution >= 0.6 is 15.9 Å². The van der Waals surface area contributed by atoms with Gasteiger partial charge >= 0.3 is 5.97 Å². The molecule has 0 radical (unpaired) electrons. The third-order valence-corrected chi connectivity index (χ3v) is 3.15. The van der Waals surface area contributed by atoms with Crippen molar-refractivity contribution in [3.05, 3.63) is 52.8 Å². The standard InChI is InChI=1S/C14H13BrN2O3/c15-12-4-1-3-11(5-6-13(18)19)14(12)20-10-9-17-8-2-7-16-17/h1-8H,9-10H2,(H,18,19). The van der Waals surface area contributed by atoms with Gasteiger partial charge in [0.1, 0.15) is 12.4 Å². The molecule has 20 heavy (non-hydrogen) atoms. The molecular weight excluding hydrogens is 324 g/mol. The number of hydrogen-bond donors (Lipinski definition) is 1. The molecule has 0 atom stereocenters. The molecule has 0 unspecified atom stereocenters. The molecule has 0 fully saturated rings. The quantitative estimate of drug-likeness (QED) is 0.824. The van der Waals surface area contributed by atoms with Gasteiger partial charge in [0.05, 0.1) is 11.0 Å². The zero-order valence-corrected chi connectivity index (χ0v) is 12.2. The van der Waals surface area contributed by atoms with E-state index in [9.17, 15) is 4.79 Å². The fourth-order valence-corrected chi connectivity index (χ4v) is 2.14. The van der Waals surface area contributed by atoms with Crippen molar-refractivity contribution in [3.63, 3.8) is 0 Å². The number of carboxylic acid groups (broad SMARTS) is 1. The van der Waals surface area contributed by atoms with E-state index in [1.165, 1.54) is 6.08 Å². The van der Waals surface area contributed by atoms with Crippen molar-refractivity contribution in [1.29, 1.82) is 0 Å². The van der Waals surface area contributed by atoms with Crippen molar-refractivity contribution >= 4 is 28.0 Å². The van der Waals surface area contributed by atoms with Gasteiger partial charge in [0.2, 0.25) is 0 Å². The van der Waals surface area contributed by atoms with Gasteiger partial charge < -0.3 is 9.84 Å². The summed E-state index contributed by atoms with van der Waals surface area (Å²) in [4.78, 5) is 10.6. The van der Waals surface area contributed by atoms with E-state index in [0.717, 1.165) is 10.5 Å². The van der Waals surface area contributed by atoms with Crippen LogP contribution in [-0.2, 0) is 11.3 Å². The molecule has 2 rings (SSSR count). The van der Waals surface area contributed by atoms with Crippen LogP contribution < -0.4 is 4.74 Å². The first-order valence-electron chi connectivity index (χ1n) is 5.96. The summed E-state index contributed by atoms with van der Waals surface area (Å²) in [5.41, 5.74) is 0.710. The minimum atomic E-state index is -0.993. The predicted octanol–water partition coefficient (Wildman–Crippen LogP) is 2.82. The highest BCUT2D eigenvalue weighted by Crippen LogP contribution is 2.30. The van der Waals surface area contributed by atoms with Gasteiger partial charge in [-0.2, -0.15) is 5.10 Å². The Morgan fingerprint density at radius 3 is 3.00 bits per heavy atom. The molecule has 0 spiro atoms. The first-order chi connectivity index (χ1) is 9.66. The van der Waals surface area contributed by atoms with Gasteiger partial charge in [0.15, 0.2) is 0 Å². The number of benzene rings is 1. The molecule has 1 aromatic carbocycles. The summed E-state index contributed by atoms with van der Waals surface area (Å²) < 4.78 is 8.27. The average Bonchev–Trinajstić information content (AvgIpc) is 2.92. The van der Waals surface area contributed by atoms with Crippen LogP contribution in [0.15, 0.2) is 47.2 Å². The molecule has 104 valence electrons. The van der Waals surface area contributed by atoms with Crippen molar-refractivity contribution in [2.24, 2.45) is 0 Å². The molecule has 0 saturated carbocycles. The third-order valence-electron chi connectivity index (χ3n) is 2.53. The maximum absolute atomic E-state index is 10.6. The molecule has 0 bridgehead atoms. The summed E-state index contributed by atoms with van der Waals surface area (Å²) in [5, 5.41) is 12.8. The molecule has 1 N–H and O–H groups in total. The van der Waals surface area contributed by atoms with Gasteiger partial charge in [-0.05, 0) is 34.1 Å². The Morgan fingerprint density at radius 1 is 1.45 bits per heavy atom. The highest BCUT2D eigenvalue weighted by Gasteiger charge is 2.06. The number of aliphatic carboxylic acids is 1. The van der Waals surface area contributed by atoms with E-state index >= 15 is 0 Å². The van der Waals surface area contributed by atoms with E-state index in [1.54, 1.807) is 16.9 Å². The first kappa shape index (κ1) is 14.3. The lowest BCUT2D eigenvalue weighted by Crippen LogP contribution is -2.09. The normalized spacial score (nSPS) is 10.8. The van der Waals surface area contributed by atoms with E-state index < -0.39 is 5.97 Å². The number of carbonyl (C=O) groups is 1. The van der Waals surface area contributed by atoms with E-state index in [-0.39, 0.29) is 0 Å². The Balaban J connectivity index is 2.07. The van der Waals surface area contributed by atoms with Crippen molar-refractivity contribution in [1.82, 2.24) is 9.78 Å². The summed E-state index contributed by atoms with van der Waals surface area (Å²) in [7, 11) is 0. The fraction of sp³-hybridized carbons (Fsp3) is 0.143. The number of ether oxygens (including phenoxy) is 1. The Labute approximate surface area is 124 Å². The minimum absolute atomic E-state index is 0.443. The lowest BCUT2D eigenvalue weighted by Gasteiger charge is -2.11. The van der Waals surface area contributed by atoms with Crippen LogP contribution in [-0.4, -0.2) is 27.5 Å². The fourth-order valence-electron chi connectivity index (χ4n) is 1.64. The summed E-state index contributed by atoms with van der Waals surface area (Å²) in [6.45, 7) is 1.06. The minimum Gasteiger partial charge on any atom is -0.490 e. The average molecular weight is 337 g/mol. The summed E-state index contributed by atoms with van der Waals surface area (Å²) in [5.74, 6) is -0.371. The second-order valence-electron chi connectivity index (χ2n) is 3.95. The van der Waals surface area contributed by atoms with E-state index in [1.807, 2.05) is 24.4 Å². The smallest absolute Gasteiger partial charge is 0.328 e. The van der Waals surface area contributed by atoms with Gasteiger partial charge in [-0.3, -0.25) is 4.68 Å². The topological polar surface area (TPSA) is 64.3 Å². The number of rotatable bonds is 6. The lowest BCUT2D eigenvalue weighted by atomic mass is 10.2. The SMILES string of the molecule is O=C(O)C=Cc1cccc(Br)c1OCCn1cccn1. The van der Waals surface area contributed by atoms with Gasteiger partial charge in [-0.1, -0.05) is 12.1 Å². The largest absolute Gasteiger partial charge is 0.490 e. The van der Waals surface area contributed by atoms with Crippen LogP contribution in [0.5, 0.6) is 5.75 Å². The van der Waals surface area contributed by atoms with E-state index in [0.29, 0.717) is 24.5 Å². The number of hydrogen-bond acceptors (Lipinski definition) is 3. The molecule has 0 aliphatic rings. The molecule has 0 aliphatic carbocycles. The van der Waals surface area contributed by atoms with Crippen LogP contribution in [0.3, 0.4) is 0 Å². The summed E-state index contributed by atoms with van der Waals surface area (Å²) >= 11 is 3.40. The molecule has 1 heterocycles. The van der Waals surface area contributed by atoms with E-state index in [4.69, 9.17) is 9.84 Å². The van der Waals surface area contributed by atoms with E-state index in [2.05, 4.69) is 21.0 Å². The van der Waals surface area contributed by atoms with Gasteiger partial charge in [0.25, 0.3) is 0 Å². The molecule has 0 aliphatic heterocycles. The number of carboxylic acids is 1. The van der Waals surface area contributed by atoms with Gasteiger partial charge in [-0.15, -0.1) is 0 Å². The maximum atomic E-state index is 10.6. The van der Waals surface area contributed by atoms with Gasteiger partial charge in [0, 0.05) is 24.0 Å². The second-order valence-corrected chi connectivity index (χ2v) is 4.80. The molecule has 1 aromatic heterocycles. The maximum Gasteiger partial charge on any atom is 0.328 e. The van der Waals surface area contributed by atoms with Crippen molar-refractivity contribution in [3.8, 4) is 5.75 Å². The molecule has 6 heteroatoms. The third kappa shape index (κ3) is 3.96. The predicted molar refractivity (Wildman–Crippen MR) is 78.5 cm³/mol. The monoisotopic (exact) mass is 336 g/mol. The summed E-state index contributed by atoms with van der Waals surface area (Å²) in [6.07, 6.45) is 6.16. The van der Waals surface area contributed by atoms with Crippen LogP contribution in [0, 0.1) is 0 Å². The Hall–Kier alpha value is -2.08. The second kappa shape index (κ2) is 6.91. The number of nitrogens with zero attached hydrogens (tertiary/aromatic N) is 2. The molecule has 5 nitrogen and oxygen atoms in total. The highest BCUT2D eigenvalue weighted by molar-refractivity contribution is 9.10. The number of para-hydroxylation sites is 1. The molecule has 2 aromatic rings. The summed E-state index contributed by atoms with van der Waals surface area (Å²) in [6, 6.07) is 7.32. The molecule has 0 saturated heterocycles. The van der Waals surface area contributed by atoms with Crippen LogP contribution in [0.2, 0.25) is 0 Å². The Kier molecular flexibility index (Phi) is 4.95. The lowest BCUT2D eigenvalue weighted by molar-refractivity contribution is -0.131. The van der Waals surface area contributed by atoms with Crippen LogP contribution in [0.25, 0.3) is 6.08 Å². The number of aromatic nitrogens is 2. The number of halogens is 1. The Bertz CT molecular complexity index is 609. The molecular formula is C14H13BrN2O3. The first-order valence-corrected chi connectivity index (χ1v) is 6.76. The highest BCUT2D eigenvalue weighted by atomic mass is 79.9. The van der Waals surface area contributed by atoms with Crippen LogP contribution in [0.4, 0.5) is 0 Å².